The molecule has 1 aromatic rings. The minimum Gasteiger partial charge on any atom is -0.481 e. The van der Waals surface area contributed by atoms with Crippen LogP contribution in [0, 0.1) is 6.92 Å². The lowest BCUT2D eigenvalue weighted by Gasteiger charge is -2.32. The summed E-state index contributed by atoms with van der Waals surface area (Å²) >= 11 is 0. The first-order valence-electron chi connectivity index (χ1n) is 5.57. The van der Waals surface area contributed by atoms with Gasteiger partial charge in [0, 0.05) is 31.7 Å². The van der Waals surface area contributed by atoms with E-state index in [1.807, 2.05) is 13.0 Å². The van der Waals surface area contributed by atoms with Crippen LogP contribution < -0.4 is 15.0 Å². The van der Waals surface area contributed by atoms with E-state index in [-0.39, 0.29) is 0 Å². The maximum absolute atomic E-state index is 5.16. The molecule has 2 rings (SSSR count). The molecule has 2 heterocycles. The van der Waals surface area contributed by atoms with E-state index in [1.165, 1.54) is 0 Å². The molecule has 1 aliphatic rings. The zero-order valence-corrected chi connectivity index (χ0v) is 10.0. The highest BCUT2D eigenvalue weighted by atomic mass is 16.5. The number of rotatable bonds is 2. The van der Waals surface area contributed by atoms with Crippen LogP contribution >= 0.6 is 0 Å². The van der Waals surface area contributed by atoms with Crippen molar-refractivity contribution in [2.24, 2.45) is 0 Å². The third kappa shape index (κ3) is 2.41. The smallest absolute Gasteiger partial charge is 0.218 e. The Labute approximate surface area is 95.8 Å². The third-order valence-electron chi connectivity index (χ3n) is 2.70. The summed E-state index contributed by atoms with van der Waals surface area (Å²) in [4.78, 5) is 10.9. The highest BCUT2D eigenvalue weighted by Crippen LogP contribution is 2.18. The second-order valence-electron chi connectivity index (χ2n) is 4.12. The monoisotopic (exact) mass is 222 g/mol. The van der Waals surface area contributed by atoms with E-state index in [4.69, 9.17) is 4.74 Å². The Morgan fingerprint density at radius 1 is 1.50 bits per heavy atom. The number of ether oxygens (including phenoxy) is 1. The third-order valence-corrected chi connectivity index (χ3v) is 2.70. The lowest BCUT2D eigenvalue weighted by molar-refractivity contribution is 0.394. The summed E-state index contributed by atoms with van der Waals surface area (Å²) in [5, 5.41) is 3.41. The van der Waals surface area contributed by atoms with Gasteiger partial charge >= 0.3 is 0 Å². The molecule has 0 saturated carbocycles. The summed E-state index contributed by atoms with van der Waals surface area (Å²) < 4.78 is 5.16. The van der Waals surface area contributed by atoms with E-state index in [0.717, 1.165) is 31.3 Å². The molecule has 5 heteroatoms. The summed E-state index contributed by atoms with van der Waals surface area (Å²) in [6.45, 7) is 7.01. The predicted molar refractivity (Wildman–Crippen MR) is 63.0 cm³/mol. The number of piperazine rings is 1. The first kappa shape index (κ1) is 11.1. The molecule has 0 bridgehead atoms. The van der Waals surface area contributed by atoms with Crippen LogP contribution in [0.1, 0.15) is 12.7 Å². The number of nitrogens with one attached hydrogen (secondary N) is 1. The topological polar surface area (TPSA) is 50.3 Å². The fraction of sp³-hybridized carbons (Fsp3) is 0.636. The summed E-state index contributed by atoms with van der Waals surface area (Å²) in [5.41, 5.74) is 0. The van der Waals surface area contributed by atoms with Crippen molar-refractivity contribution in [2.45, 2.75) is 19.9 Å². The zero-order valence-electron chi connectivity index (χ0n) is 10.0. The predicted octanol–water partition coefficient (Wildman–Crippen LogP) is 0.592. The summed E-state index contributed by atoms with van der Waals surface area (Å²) in [5.74, 6) is 2.34. The number of aromatic nitrogens is 2. The molecular formula is C11H18N4O. The van der Waals surface area contributed by atoms with E-state index in [1.54, 1.807) is 7.11 Å². The average Bonchev–Trinajstić information content (AvgIpc) is 2.28. The van der Waals surface area contributed by atoms with Gasteiger partial charge in [-0.3, -0.25) is 0 Å². The van der Waals surface area contributed by atoms with E-state index in [9.17, 15) is 0 Å². The van der Waals surface area contributed by atoms with Crippen molar-refractivity contribution in [3.63, 3.8) is 0 Å². The van der Waals surface area contributed by atoms with Gasteiger partial charge in [0.2, 0.25) is 5.88 Å². The number of anilines is 1. The van der Waals surface area contributed by atoms with Gasteiger partial charge < -0.3 is 15.0 Å². The largest absolute Gasteiger partial charge is 0.481 e. The molecule has 1 fully saturated rings. The van der Waals surface area contributed by atoms with Crippen molar-refractivity contribution in [2.75, 3.05) is 31.6 Å². The number of nitrogens with zero attached hydrogens (tertiary/aromatic N) is 3. The second-order valence-corrected chi connectivity index (χ2v) is 4.12. The van der Waals surface area contributed by atoms with Crippen LogP contribution in [0.4, 0.5) is 5.82 Å². The quantitative estimate of drug-likeness (QED) is 0.793. The highest BCUT2D eigenvalue weighted by molar-refractivity contribution is 5.42. The fourth-order valence-corrected chi connectivity index (χ4v) is 1.93. The minimum atomic E-state index is 0.495. The SMILES string of the molecule is COc1cc(N2CCN[C@H](C)C2)nc(C)n1. The Morgan fingerprint density at radius 3 is 3.00 bits per heavy atom. The number of hydrogen-bond acceptors (Lipinski definition) is 5. The van der Waals surface area contributed by atoms with Gasteiger partial charge in [0.25, 0.3) is 0 Å². The van der Waals surface area contributed by atoms with Gasteiger partial charge in [-0.1, -0.05) is 0 Å². The van der Waals surface area contributed by atoms with Crippen LogP contribution in [0.2, 0.25) is 0 Å². The Morgan fingerprint density at radius 2 is 2.31 bits per heavy atom. The molecule has 0 radical (unpaired) electrons. The Kier molecular flexibility index (Phi) is 3.24. The van der Waals surface area contributed by atoms with Crippen molar-refractivity contribution in [3.8, 4) is 5.88 Å². The summed E-state index contributed by atoms with van der Waals surface area (Å²) in [6.07, 6.45) is 0. The van der Waals surface area contributed by atoms with Gasteiger partial charge in [-0.15, -0.1) is 0 Å². The van der Waals surface area contributed by atoms with Crippen LogP contribution in [0.3, 0.4) is 0 Å². The fourth-order valence-electron chi connectivity index (χ4n) is 1.93. The lowest BCUT2D eigenvalue weighted by atomic mass is 10.2. The molecule has 0 spiro atoms. The van der Waals surface area contributed by atoms with Gasteiger partial charge in [-0.05, 0) is 13.8 Å². The van der Waals surface area contributed by atoms with Crippen LogP contribution in [0.5, 0.6) is 5.88 Å². The first-order chi connectivity index (χ1) is 7.69. The van der Waals surface area contributed by atoms with Gasteiger partial charge in [0.05, 0.1) is 7.11 Å². The Balaban J connectivity index is 2.21. The lowest BCUT2D eigenvalue weighted by Crippen LogP contribution is -2.49. The molecule has 0 amide bonds. The molecule has 0 unspecified atom stereocenters. The number of aryl methyl sites for hydroxylation is 1. The molecule has 0 aliphatic carbocycles. The van der Waals surface area contributed by atoms with Crippen molar-refractivity contribution in [3.05, 3.63) is 11.9 Å². The molecule has 1 aromatic heterocycles. The van der Waals surface area contributed by atoms with Crippen molar-refractivity contribution < 1.29 is 4.74 Å². The summed E-state index contributed by atoms with van der Waals surface area (Å²) in [7, 11) is 1.63. The zero-order chi connectivity index (χ0) is 11.5. The van der Waals surface area contributed by atoms with Crippen molar-refractivity contribution in [1.29, 1.82) is 0 Å². The molecule has 88 valence electrons. The van der Waals surface area contributed by atoms with Gasteiger partial charge in [-0.2, -0.15) is 4.98 Å². The van der Waals surface area contributed by atoms with Crippen LogP contribution in [0.25, 0.3) is 0 Å². The average molecular weight is 222 g/mol. The van der Waals surface area contributed by atoms with Gasteiger partial charge in [0.15, 0.2) is 0 Å². The Hall–Kier alpha value is -1.36. The second kappa shape index (κ2) is 4.65. The minimum absolute atomic E-state index is 0.495. The van der Waals surface area contributed by atoms with Crippen LogP contribution in [-0.4, -0.2) is 42.8 Å². The molecule has 1 aliphatic heterocycles. The van der Waals surface area contributed by atoms with E-state index >= 15 is 0 Å². The Bertz CT molecular complexity index is 369. The maximum Gasteiger partial charge on any atom is 0.218 e. The van der Waals surface area contributed by atoms with Crippen LogP contribution in [-0.2, 0) is 0 Å². The maximum atomic E-state index is 5.16. The highest BCUT2D eigenvalue weighted by Gasteiger charge is 2.17. The normalized spacial score (nSPS) is 20.9. The first-order valence-corrected chi connectivity index (χ1v) is 5.57. The molecule has 5 nitrogen and oxygen atoms in total. The number of methoxy groups -OCH3 is 1. The summed E-state index contributed by atoms with van der Waals surface area (Å²) in [6, 6.07) is 2.39. The van der Waals surface area contributed by atoms with E-state index < -0.39 is 0 Å². The molecule has 16 heavy (non-hydrogen) atoms. The van der Waals surface area contributed by atoms with Crippen molar-refractivity contribution in [1.82, 2.24) is 15.3 Å². The van der Waals surface area contributed by atoms with Gasteiger partial charge in [0.1, 0.15) is 11.6 Å². The molecule has 1 atom stereocenters. The van der Waals surface area contributed by atoms with E-state index in [0.29, 0.717) is 11.9 Å². The molecular weight excluding hydrogens is 204 g/mol. The standard InChI is InChI=1S/C11H18N4O/c1-8-7-15(5-4-12-8)10-6-11(16-3)14-9(2)13-10/h6,8,12H,4-5,7H2,1-3H3/t8-/m1/s1. The molecule has 0 aromatic carbocycles. The molecule has 1 saturated heterocycles. The van der Waals surface area contributed by atoms with E-state index in [2.05, 4.69) is 27.1 Å². The van der Waals surface area contributed by atoms with Gasteiger partial charge in [-0.25, -0.2) is 4.98 Å². The molecule has 1 N–H and O–H groups in total. The van der Waals surface area contributed by atoms with Crippen molar-refractivity contribution >= 4 is 5.82 Å². The van der Waals surface area contributed by atoms with Crippen LogP contribution in [0.15, 0.2) is 6.07 Å². The number of hydrogen-bond donors (Lipinski definition) is 1.